The summed E-state index contributed by atoms with van der Waals surface area (Å²) in [5.74, 6) is 0. The van der Waals surface area contributed by atoms with Gasteiger partial charge in [-0.25, -0.2) is 0 Å². The summed E-state index contributed by atoms with van der Waals surface area (Å²) in [6, 6.07) is 0. The van der Waals surface area contributed by atoms with Crippen molar-refractivity contribution in [3.8, 4) is 0 Å². The van der Waals surface area contributed by atoms with Crippen LogP contribution in [0.25, 0.3) is 0 Å². The Morgan fingerprint density at radius 2 is 2.10 bits per heavy atom. The van der Waals surface area contributed by atoms with E-state index in [1.165, 1.54) is 25.7 Å². The van der Waals surface area contributed by atoms with E-state index < -0.39 is 0 Å². The summed E-state index contributed by atoms with van der Waals surface area (Å²) in [6.07, 6.45) is 9.49. The van der Waals surface area contributed by atoms with Crippen molar-refractivity contribution in [1.82, 2.24) is 0 Å². The molecule has 0 aromatic carbocycles. The molecular weight excluding hydrogens is 122 g/mol. The van der Waals surface area contributed by atoms with Gasteiger partial charge in [-0.3, -0.25) is 4.99 Å². The zero-order valence-electron chi connectivity index (χ0n) is 6.64. The third kappa shape index (κ3) is 2.34. The predicted molar refractivity (Wildman–Crippen MR) is 45.6 cm³/mol. The third-order valence-corrected chi connectivity index (χ3v) is 1.84. The molecule has 0 heterocycles. The molecule has 1 nitrogen and oxygen atoms in total. The topological polar surface area (TPSA) is 12.4 Å². The molecule has 56 valence electrons. The normalized spacial score (nSPS) is 18.7. The smallest absolute Gasteiger partial charge is 0.0360 e. The molecule has 0 N–H and O–H groups in total. The van der Waals surface area contributed by atoms with Crippen LogP contribution >= 0.6 is 0 Å². The van der Waals surface area contributed by atoms with Crippen LogP contribution in [0.2, 0.25) is 0 Å². The van der Waals surface area contributed by atoms with E-state index in [4.69, 9.17) is 0 Å². The van der Waals surface area contributed by atoms with Crippen LogP contribution in [-0.4, -0.2) is 12.8 Å². The van der Waals surface area contributed by atoms with Crippen molar-refractivity contribution in [2.75, 3.05) is 6.54 Å². The SMILES string of the molecule is CC/N=C\C=C1CCCC1. The lowest BCUT2D eigenvalue weighted by molar-refractivity contribution is 0.886. The molecule has 10 heavy (non-hydrogen) atoms. The molecule has 1 rings (SSSR count). The first-order valence-corrected chi connectivity index (χ1v) is 4.11. The van der Waals surface area contributed by atoms with Crippen molar-refractivity contribution >= 4 is 6.21 Å². The van der Waals surface area contributed by atoms with Gasteiger partial charge in [-0.15, -0.1) is 0 Å². The Kier molecular flexibility index (Phi) is 3.20. The molecule has 0 spiro atoms. The molecule has 1 aliphatic rings. The first-order valence-electron chi connectivity index (χ1n) is 4.11. The third-order valence-electron chi connectivity index (χ3n) is 1.84. The molecule has 0 amide bonds. The van der Waals surface area contributed by atoms with Crippen molar-refractivity contribution in [2.45, 2.75) is 32.6 Å². The predicted octanol–water partition coefficient (Wildman–Crippen LogP) is 2.58. The molecule has 0 aromatic heterocycles. The van der Waals surface area contributed by atoms with E-state index >= 15 is 0 Å². The second-order valence-electron chi connectivity index (χ2n) is 2.68. The van der Waals surface area contributed by atoms with Gasteiger partial charge < -0.3 is 0 Å². The zero-order chi connectivity index (χ0) is 7.23. The summed E-state index contributed by atoms with van der Waals surface area (Å²) < 4.78 is 0. The van der Waals surface area contributed by atoms with Crippen molar-refractivity contribution in [2.24, 2.45) is 4.99 Å². The summed E-state index contributed by atoms with van der Waals surface area (Å²) in [7, 11) is 0. The Labute approximate surface area is 62.9 Å². The number of rotatable bonds is 2. The van der Waals surface area contributed by atoms with Gasteiger partial charge in [-0.1, -0.05) is 5.57 Å². The van der Waals surface area contributed by atoms with Crippen molar-refractivity contribution in [3.05, 3.63) is 11.6 Å². The Morgan fingerprint density at radius 3 is 2.70 bits per heavy atom. The Bertz CT molecular complexity index is 137. The summed E-state index contributed by atoms with van der Waals surface area (Å²) in [6.45, 7) is 2.97. The summed E-state index contributed by atoms with van der Waals surface area (Å²) in [5.41, 5.74) is 1.58. The standard InChI is InChI=1S/C9H15N/c1-2-10-8-7-9-5-3-4-6-9/h7-8H,2-6H2,1H3/b10-8-. The number of hydrogen-bond acceptors (Lipinski definition) is 1. The van der Waals surface area contributed by atoms with Gasteiger partial charge in [0.2, 0.25) is 0 Å². The van der Waals surface area contributed by atoms with Gasteiger partial charge in [0.05, 0.1) is 0 Å². The molecule has 0 saturated heterocycles. The van der Waals surface area contributed by atoms with Gasteiger partial charge in [-0.2, -0.15) is 0 Å². The molecular formula is C9H15N. The molecule has 0 radical (unpaired) electrons. The highest BCUT2D eigenvalue weighted by molar-refractivity contribution is 5.72. The maximum absolute atomic E-state index is 4.13. The molecule has 0 atom stereocenters. The minimum atomic E-state index is 0.907. The van der Waals surface area contributed by atoms with E-state index in [9.17, 15) is 0 Å². The van der Waals surface area contributed by atoms with Crippen LogP contribution in [-0.2, 0) is 0 Å². The van der Waals surface area contributed by atoms with Gasteiger partial charge in [0, 0.05) is 12.8 Å². The van der Waals surface area contributed by atoms with Gasteiger partial charge in [0.25, 0.3) is 0 Å². The number of aliphatic imine (C=N–C) groups is 1. The summed E-state index contributed by atoms with van der Waals surface area (Å²) in [4.78, 5) is 4.13. The highest BCUT2D eigenvalue weighted by atomic mass is 14.7. The number of allylic oxidation sites excluding steroid dienone is 2. The molecule has 0 unspecified atom stereocenters. The summed E-state index contributed by atoms with van der Waals surface area (Å²) >= 11 is 0. The van der Waals surface area contributed by atoms with E-state index in [1.807, 2.05) is 6.21 Å². The van der Waals surface area contributed by atoms with E-state index in [1.54, 1.807) is 5.57 Å². The largest absolute Gasteiger partial charge is 0.293 e. The van der Waals surface area contributed by atoms with Crippen LogP contribution in [0.5, 0.6) is 0 Å². The zero-order valence-corrected chi connectivity index (χ0v) is 6.64. The van der Waals surface area contributed by atoms with Gasteiger partial charge in [0.15, 0.2) is 0 Å². The summed E-state index contributed by atoms with van der Waals surface area (Å²) in [5, 5.41) is 0. The highest BCUT2D eigenvalue weighted by Gasteiger charge is 2.03. The van der Waals surface area contributed by atoms with E-state index in [2.05, 4.69) is 18.0 Å². The van der Waals surface area contributed by atoms with Crippen LogP contribution in [0.4, 0.5) is 0 Å². The molecule has 0 bridgehead atoms. The highest BCUT2D eigenvalue weighted by Crippen LogP contribution is 2.22. The minimum absolute atomic E-state index is 0.907. The maximum atomic E-state index is 4.13. The number of nitrogens with zero attached hydrogens (tertiary/aromatic N) is 1. The molecule has 1 aliphatic carbocycles. The van der Waals surface area contributed by atoms with E-state index in [-0.39, 0.29) is 0 Å². The van der Waals surface area contributed by atoms with Crippen LogP contribution in [0, 0.1) is 0 Å². The van der Waals surface area contributed by atoms with Crippen molar-refractivity contribution < 1.29 is 0 Å². The molecule has 0 aliphatic heterocycles. The first-order chi connectivity index (χ1) is 4.93. The lowest BCUT2D eigenvalue weighted by Crippen LogP contribution is -1.74. The number of hydrogen-bond donors (Lipinski definition) is 0. The fourth-order valence-corrected chi connectivity index (χ4v) is 1.26. The van der Waals surface area contributed by atoms with E-state index in [0.717, 1.165) is 6.54 Å². The quantitative estimate of drug-likeness (QED) is 0.519. The second-order valence-corrected chi connectivity index (χ2v) is 2.68. The van der Waals surface area contributed by atoms with Crippen molar-refractivity contribution in [3.63, 3.8) is 0 Å². The van der Waals surface area contributed by atoms with Gasteiger partial charge in [0.1, 0.15) is 0 Å². The molecule has 1 heteroatoms. The van der Waals surface area contributed by atoms with Crippen molar-refractivity contribution in [1.29, 1.82) is 0 Å². The monoisotopic (exact) mass is 137 g/mol. The Hall–Kier alpha value is -0.590. The average Bonchev–Trinajstić information content (AvgIpc) is 2.41. The van der Waals surface area contributed by atoms with Crippen LogP contribution in [0.3, 0.4) is 0 Å². The molecule has 1 fully saturated rings. The van der Waals surface area contributed by atoms with Gasteiger partial charge in [-0.05, 0) is 38.7 Å². The Balaban J connectivity index is 2.31. The van der Waals surface area contributed by atoms with E-state index in [0.29, 0.717) is 0 Å². The first kappa shape index (κ1) is 7.52. The van der Waals surface area contributed by atoms with Crippen LogP contribution < -0.4 is 0 Å². The van der Waals surface area contributed by atoms with Crippen LogP contribution in [0.1, 0.15) is 32.6 Å². The second kappa shape index (κ2) is 4.26. The Morgan fingerprint density at radius 1 is 1.40 bits per heavy atom. The van der Waals surface area contributed by atoms with Gasteiger partial charge >= 0.3 is 0 Å². The average molecular weight is 137 g/mol. The minimum Gasteiger partial charge on any atom is -0.293 e. The lowest BCUT2D eigenvalue weighted by Gasteiger charge is -1.88. The maximum Gasteiger partial charge on any atom is 0.0360 e. The molecule has 1 saturated carbocycles. The fourth-order valence-electron chi connectivity index (χ4n) is 1.26. The molecule has 0 aromatic rings. The lowest BCUT2D eigenvalue weighted by atomic mass is 10.2. The fraction of sp³-hybridized carbons (Fsp3) is 0.667. The van der Waals surface area contributed by atoms with Crippen LogP contribution in [0.15, 0.2) is 16.6 Å².